The summed E-state index contributed by atoms with van der Waals surface area (Å²) >= 11 is 2.90. The van der Waals surface area contributed by atoms with E-state index in [1.165, 1.54) is 11.3 Å². The minimum Gasteiger partial charge on any atom is -0.494 e. The van der Waals surface area contributed by atoms with Gasteiger partial charge < -0.3 is 9.47 Å². The number of esters is 1. The van der Waals surface area contributed by atoms with E-state index >= 15 is 0 Å². The van der Waals surface area contributed by atoms with E-state index in [1.807, 2.05) is 47.9 Å². The first-order chi connectivity index (χ1) is 16.5. The summed E-state index contributed by atoms with van der Waals surface area (Å²) < 4.78 is 13.4. The van der Waals surface area contributed by atoms with E-state index in [9.17, 15) is 9.59 Å². The van der Waals surface area contributed by atoms with Crippen LogP contribution in [0.3, 0.4) is 0 Å². The zero-order valence-electron chi connectivity index (χ0n) is 19.6. The highest BCUT2D eigenvalue weighted by Gasteiger charge is 2.33. The van der Waals surface area contributed by atoms with Crippen molar-refractivity contribution in [3.63, 3.8) is 0 Å². The first-order valence-corrected chi connectivity index (χ1v) is 13.2. The van der Waals surface area contributed by atoms with Crippen LogP contribution in [0.4, 0.5) is 0 Å². The van der Waals surface area contributed by atoms with Crippen molar-refractivity contribution >= 4 is 34.7 Å². The molecular weight excluding hydrogens is 468 g/mol. The molecule has 178 valence electrons. The molecule has 0 fully saturated rings. The Morgan fingerprint density at radius 2 is 1.97 bits per heavy atom. The van der Waals surface area contributed by atoms with Crippen molar-refractivity contribution in [2.45, 2.75) is 46.1 Å². The van der Waals surface area contributed by atoms with Crippen LogP contribution in [0, 0.1) is 0 Å². The number of thiazole rings is 1. The molecule has 4 rings (SSSR count). The number of hydrogen-bond donors (Lipinski definition) is 0. The highest BCUT2D eigenvalue weighted by molar-refractivity contribution is 7.11. The SMILES string of the molecule is CCCCCOc1ccc(C2C(C(=O)OCC)=C(C)N=c3sc(=Cc4cccs4)c(=O)n32)cc1. The van der Waals surface area contributed by atoms with Crippen molar-refractivity contribution in [2.75, 3.05) is 13.2 Å². The van der Waals surface area contributed by atoms with Crippen LogP contribution in [-0.2, 0) is 9.53 Å². The van der Waals surface area contributed by atoms with Crippen molar-refractivity contribution in [3.8, 4) is 5.75 Å². The lowest BCUT2D eigenvalue weighted by Crippen LogP contribution is -2.39. The Morgan fingerprint density at radius 3 is 2.65 bits per heavy atom. The van der Waals surface area contributed by atoms with E-state index in [2.05, 4.69) is 11.9 Å². The molecule has 3 aromatic rings. The van der Waals surface area contributed by atoms with Crippen molar-refractivity contribution in [1.82, 2.24) is 4.57 Å². The lowest BCUT2D eigenvalue weighted by Gasteiger charge is -2.24. The third-order valence-electron chi connectivity index (χ3n) is 5.55. The predicted molar refractivity (Wildman–Crippen MR) is 136 cm³/mol. The van der Waals surface area contributed by atoms with Gasteiger partial charge in [0.05, 0.1) is 35.1 Å². The number of allylic oxidation sites excluding steroid dienone is 1. The molecule has 0 spiro atoms. The Morgan fingerprint density at radius 1 is 1.18 bits per heavy atom. The molecule has 34 heavy (non-hydrogen) atoms. The van der Waals surface area contributed by atoms with Crippen LogP contribution in [0.15, 0.2) is 62.8 Å². The van der Waals surface area contributed by atoms with Gasteiger partial charge in [0.1, 0.15) is 5.75 Å². The van der Waals surface area contributed by atoms with Gasteiger partial charge in [-0.25, -0.2) is 9.79 Å². The second-order valence-corrected chi connectivity index (χ2v) is 9.93. The molecule has 3 heterocycles. The quantitative estimate of drug-likeness (QED) is 0.325. The summed E-state index contributed by atoms with van der Waals surface area (Å²) in [6.07, 6.45) is 5.16. The fraction of sp³-hybridized carbons (Fsp3) is 0.346. The number of benzene rings is 1. The molecule has 1 atom stereocenters. The summed E-state index contributed by atoms with van der Waals surface area (Å²) in [6, 6.07) is 10.9. The fourth-order valence-corrected chi connectivity index (χ4v) is 5.67. The molecule has 0 aliphatic carbocycles. The maximum Gasteiger partial charge on any atom is 0.338 e. The number of hydrogen-bond acceptors (Lipinski definition) is 7. The molecule has 2 aromatic heterocycles. The highest BCUT2D eigenvalue weighted by Crippen LogP contribution is 2.31. The van der Waals surface area contributed by atoms with Crippen LogP contribution in [0.5, 0.6) is 5.75 Å². The third-order valence-corrected chi connectivity index (χ3v) is 7.35. The highest BCUT2D eigenvalue weighted by atomic mass is 32.1. The standard InChI is InChI=1S/C26H28N2O4S2/c1-4-6-7-14-32-19-12-10-18(11-13-19)23-22(25(30)31-5-2)17(3)27-26-28(23)24(29)21(34-26)16-20-9-8-15-33-20/h8-13,15-16,23H,4-7,14H2,1-3H3. The number of aromatic nitrogens is 1. The topological polar surface area (TPSA) is 69.9 Å². The number of fused-ring (bicyclic) bond motifs is 1. The first kappa shape index (κ1) is 24.2. The minimum atomic E-state index is -0.616. The lowest BCUT2D eigenvalue weighted by molar-refractivity contribution is -0.139. The van der Waals surface area contributed by atoms with Crippen molar-refractivity contribution < 1.29 is 14.3 Å². The minimum absolute atomic E-state index is 0.170. The number of ether oxygens (including phenoxy) is 2. The van der Waals surface area contributed by atoms with E-state index < -0.39 is 12.0 Å². The molecule has 8 heteroatoms. The van der Waals surface area contributed by atoms with Gasteiger partial charge in [-0.05, 0) is 55.5 Å². The van der Waals surface area contributed by atoms with Crippen LogP contribution in [0.25, 0.3) is 6.08 Å². The Kier molecular flexibility index (Phi) is 7.80. The van der Waals surface area contributed by atoms with Gasteiger partial charge in [0, 0.05) is 4.88 Å². The summed E-state index contributed by atoms with van der Waals surface area (Å²) in [4.78, 5) is 32.7. The molecule has 0 saturated carbocycles. The summed E-state index contributed by atoms with van der Waals surface area (Å²) in [6.45, 7) is 6.63. The van der Waals surface area contributed by atoms with E-state index in [1.54, 1.807) is 29.8 Å². The molecule has 0 radical (unpaired) electrons. The molecule has 1 aromatic carbocycles. The van der Waals surface area contributed by atoms with Gasteiger partial charge >= 0.3 is 5.97 Å². The van der Waals surface area contributed by atoms with E-state index in [4.69, 9.17) is 9.47 Å². The molecular formula is C26H28N2O4S2. The van der Waals surface area contributed by atoms with Gasteiger partial charge in [-0.3, -0.25) is 9.36 Å². The first-order valence-electron chi connectivity index (χ1n) is 11.5. The van der Waals surface area contributed by atoms with Gasteiger partial charge in [-0.2, -0.15) is 0 Å². The normalized spacial score (nSPS) is 15.7. The van der Waals surface area contributed by atoms with Crippen LogP contribution >= 0.6 is 22.7 Å². The molecule has 0 bridgehead atoms. The van der Waals surface area contributed by atoms with E-state index in [0.717, 1.165) is 35.5 Å². The van der Waals surface area contributed by atoms with Gasteiger partial charge in [0.15, 0.2) is 4.80 Å². The Labute approximate surface area is 206 Å². The zero-order chi connectivity index (χ0) is 24.1. The van der Waals surface area contributed by atoms with Gasteiger partial charge in [-0.15, -0.1) is 11.3 Å². The molecule has 1 aliphatic rings. The lowest BCUT2D eigenvalue weighted by atomic mass is 9.96. The molecule has 6 nitrogen and oxygen atoms in total. The van der Waals surface area contributed by atoms with Gasteiger partial charge in [-0.1, -0.05) is 49.3 Å². The van der Waals surface area contributed by atoms with Crippen molar-refractivity contribution in [3.05, 3.63) is 83.2 Å². The summed E-state index contributed by atoms with van der Waals surface area (Å²) in [5.41, 5.74) is 1.58. The number of carbonyl (C=O) groups excluding carboxylic acids is 1. The maximum absolute atomic E-state index is 13.5. The monoisotopic (exact) mass is 496 g/mol. The summed E-state index contributed by atoms with van der Waals surface area (Å²) in [7, 11) is 0. The van der Waals surface area contributed by atoms with Crippen molar-refractivity contribution in [2.24, 2.45) is 4.99 Å². The second-order valence-electron chi connectivity index (χ2n) is 7.94. The number of rotatable bonds is 9. The summed E-state index contributed by atoms with van der Waals surface area (Å²) in [5, 5.41) is 1.97. The molecule has 0 saturated heterocycles. The van der Waals surface area contributed by atoms with Crippen LogP contribution in [0.1, 0.15) is 56.5 Å². The van der Waals surface area contributed by atoms with Gasteiger partial charge in [0.25, 0.3) is 5.56 Å². The van der Waals surface area contributed by atoms with E-state index in [0.29, 0.717) is 27.2 Å². The Hall–Kier alpha value is -2.97. The number of unbranched alkanes of at least 4 members (excludes halogenated alkanes) is 2. The van der Waals surface area contributed by atoms with Gasteiger partial charge in [0.2, 0.25) is 0 Å². The number of thiophene rings is 1. The van der Waals surface area contributed by atoms with Crippen LogP contribution in [-0.4, -0.2) is 23.8 Å². The number of nitrogens with zero attached hydrogens (tertiary/aromatic N) is 2. The molecule has 0 amide bonds. The molecule has 1 aliphatic heterocycles. The summed E-state index contributed by atoms with van der Waals surface area (Å²) in [5.74, 6) is 0.310. The van der Waals surface area contributed by atoms with Crippen LogP contribution < -0.4 is 19.6 Å². The zero-order valence-corrected chi connectivity index (χ0v) is 21.2. The largest absolute Gasteiger partial charge is 0.494 e. The fourth-order valence-electron chi connectivity index (χ4n) is 3.90. The van der Waals surface area contributed by atoms with Crippen molar-refractivity contribution in [1.29, 1.82) is 0 Å². The smallest absolute Gasteiger partial charge is 0.338 e. The van der Waals surface area contributed by atoms with E-state index in [-0.39, 0.29) is 12.2 Å². The Balaban J connectivity index is 1.78. The Bertz CT molecular complexity index is 1350. The molecule has 1 unspecified atom stereocenters. The molecule has 0 N–H and O–H groups in total. The van der Waals surface area contributed by atoms with Crippen LogP contribution in [0.2, 0.25) is 0 Å². The number of carbonyl (C=O) groups is 1. The predicted octanol–water partition coefficient (Wildman–Crippen LogP) is 4.43. The maximum atomic E-state index is 13.5. The third kappa shape index (κ3) is 5.08. The average Bonchev–Trinajstić information content (AvgIpc) is 3.44. The second kappa shape index (κ2) is 11.0. The average molecular weight is 497 g/mol.